The molecule has 0 unspecified atom stereocenters. The third-order valence-electron chi connectivity index (χ3n) is 2.32. The molecule has 0 aliphatic rings. The molecule has 2 N–H and O–H groups in total. The fraction of sp³-hybridized carbons (Fsp3) is 0.500. The predicted octanol–water partition coefficient (Wildman–Crippen LogP) is 2.67. The highest BCUT2D eigenvalue weighted by Crippen LogP contribution is 2.16. The van der Waals surface area contributed by atoms with Gasteiger partial charge in [0.1, 0.15) is 11.4 Å². The Balaban J connectivity index is 2.82. The first kappa shape index (κ1) is 14.6. The lowest BCUT2D eigenvalue weighted by Gasteiger charge is -2.19. The second kappa shape index (κ2) is 5.96. The number of carbonyl (C=O) groups is 1. The van der Waals surface area contributed by atoms with Crippen molar-refractivity contribution < 1.29 is 13.9 Å². The molecule has 0 bridgehead atoms. The lowest BCUT2D eigenvalue weighted by Crippen LogP contribution is -2.24. The second-order valence-electron chi connectivity index (χ2n) is 5.21. The first-order valence-corrected chi connectivity index (χ1v) is 6.05. The molecule has 0 saturated heterocycles. The minimum Gasteiger partial charge on any atom is -0.456 e. The summed E-state index contributed by atoms with van der Waals surface area (Å²) in [5.74, 6) is -1.18. The standard InChI is InChI=1S/C14H20FNO2/c1-14(2,3)18-13(17)11-7-6-10(5-4-8-16)9-12(11)15/h6-7,9H,4-5,8,16H2,1-3H3. The van der Waals surface area contributed by atoms with E-state index in [4.69, 9.17) is 10.5 Å². The number of nitrogens with two attached hydrogens (primary N) is 1. The van der Waals surface area contributed by atoms with Crippen LogP contribution in [0.1, 0.15) is 43.1 Å². The van der Waals surface area contributed by atoms with Crippen molar-refractivity contribution in [1.82, 2.24) is 0 Å². The topological polar surface area (TPSA) is 52.3 Å². The minimum atomic E-state index is -0.634. The number of ether oxygens (including phenoxy) is 1. The van der Waals surface area contributed by atoms with Crippen LogP contribution in [-0.2, 0) is 11.2 Å². The molecule has 1 rings (SSSR count). The van der Waals surface area contributed by atoms with Crippen LogP contribution in [0.4, 0.5) is 4.39 Å². The van der Waals surface area contributed by atoms with Crippen molar-refractivity contribution in [1.29, 1.82) is 0 Å². The molecule has 0 aliphatic heterocycles. The lowest BCUT2D eigenvalue weighted by atomic mass is 10.1. The van der Waals surface area contributed by atoms with E-state index in [2.05, 4.69) is 0 Å². The Bertz CT molecular complexity index is 424. The van der Waals surface area contributed by atoms with Gasteiger partial charge in [0.15, 0.2) is 0 Å². The van der Waals surface area contributed by atoms with Gasteiger partial charge in [0.05, 0.1) is 5.56 Å². The molecule has 0 amide bonds. The van der Waals surface area contributed by atoms with Crippen LogP contribution in [0.5, 0.6) is 0 Å². The molecule has 3 nitrogen and oxygen atoms in total. The molecule has 0 saturated carbocycles. The van der Waals surface area contributed by atoms with Crippen molar-refractivity contribution in [3.05, 3.63) is 35.1 Å². The molecule has 0 heterocycles. The van der Waals surface area contributed by atoms with E-state index < -0.39 is 17.4 Å². The summed E-state index contributed by atoms with van der Waals surface area (Å²) >= 11 is 0. The van der Waals surface area contributed by atoms with Crippen LogP contribution in [-0.4, -0.2) is 18.1 Å². The van der Waals surface area contributed by atoms with Crippen LogP contribution >= 0.6 is 0 Å². The lowest BCUT2D eigenvalue weighted by molar-refractivity contribution is 0.00647. The Hall–Kier alpha value is -1.42. The SMILES string of the molecule is CC(C)(C)OC(=O)c1ccc(CCCN)cc1F. The highest BCUT2D eigenvalue weighted by Gasteiger charge is 2.20. The normalized spacial score (nSPS) is 11.4. The molecule has 0 aromatic heterocycles. The van der Waals surface area contributed by atoms with Crippen LogP contribution in [0.15, 0.2) is 18.2 Å². The molecule has 1 aromatic carbocycles. The van der Waals surface area contributed by atoms with Gasteiger partial charge in [-0.1, -0.05) is 6.07 Å². The van der Waals surface area contributed by atoms with Crippen molar-refractivity contribution >= 4 is 5.97 Å². The number of aryl methyl sites for hydroxylation is 1. The fourth-order valence-electron chi connectivity index (χ4n) is 1.52. The number of rotatable bonds is 4. The highest BCUT2D eigenvalue weighted by molar-refractivity contribution is 5.90. The molecule has 0 aliphatic carbocycles. The fourth-order valence-corrected chi connectivity index (χ4v) is 1.52. The highest BCUT2D eigenvalue weighted by atomic mass is 19.1. The summed E-state index contributed by atoms with van der Waals surface area (Å²) in [5, 5.41) is 0. The zero-order chi connectivity index (χ0) is 13.8. The van der Waals surface area contributed by atoms with Gasteiger partial charge in [-0.15, -0.1) is 0 Å². The Morgan fingerprint density at radius 1 is 1.39 bits per heavy atom. The Morgan fingerprint density at radius 3 is 2.56 bits per heavy atom. The minimum absolute atomic E-state index is 0.0265. The van der Waals surface area contributed by atoms with Crippen LogP contribution < -0.4 is 5.73 Å². The summed E-state index contributed by atoms with van der Waals surface area (Å²) in [7, 11) is 0. The molecule has 0 fully saturated rings. The van der Waals surface area contributed by atoms with E-state index in [1.54, 1.807) is 26.8 Å². The summed E-state index contributed by atoms with van der Waals surface area (Å²) in [6.45, 7) is 5.81. The third-order valence-corrected chi connectivity index (χ3v) is 2.32. The van der Waals surface area contributed by atoms with Gasteiger partial charge in [-0.05, 0) is 57.9 Å². The number of esters is 1. The maximum absolute atomic E-state index is 13.8. The van der Waals surface area contributed by atoms with E-state index in [0.29, 0.717) is 13.0 Å². The monoisotopic (exact) mass is 253 g/mol. The number of benzene rings is 1. The number of halogens is 1. The Morgan fingerprint density at radius 2 is 2.06 bits per heavy atom. The summed E-state index contributed by atoms with van der Waals surface area (Å²) in [6.07, 6.45) is 1.51. The van der Waals surface area contributed by atoms with Crippen LogP contribution in [0.3, 0.4) is 0 Å². The zero-order valence-electron chi connectivity index (χ0n) is 11.1. The van der Waals surface area contributed by atoms with Crippen molar-refractivity contribution in [2.45, 2.75) is 39.2 Å². The van der Waals surface area contributed by atoms with E-state index in [-0.39, 0.29) is 5.56 Å². The largest absolute Gasteiger partial charge is 0.456 e. The molecule has 0 atom stereocenters. The molecule has 4 heteroatoms. The second-order valence-corrected chi connectivity index (χ2v) is 5.21. The summed E-state index contributed by atoms with van der Waals surface area (Å²) in [4.78, 5) is 11.7. The van der Waals surface area contributed by atoms with Crippen LogP contribution in [0.25, 0.3) is 0 Å². The molecular weight excluding hydrogens is 233 g/mol. The molecule has 18 heavy (non-hydrogen) atoms. The van der Waals surface area contributed by atoms with Crippen molar-refractivity contribution in [2.24, 2.45) is 5.73 Å². The average molecular weight is 253 g/mol. The van der Waals surface area contributed by atoms with Crippen LogP contribution in [0, 0.1) is 5.82 Å². The molecule has 1 aromatic rings. The van der Waals surface area contributed by atoms with Gasteiger partial charge in [0.2, 0.25) is 0 Å². The number of hydrogen-bond donors (Lipinski definition) is 1. The van der Waals surface area contributed by atoms with E-state index in [1.807, 2.05) is 0 Å². The number of carbonyl (C=O) groups excluding carboxylic acids is 1. The van der Waals surface area contributed by atoms with Crippen molar-refractivity contribution in [3.8, 4) is 0 Å². The average Bonchev–Trinajstić information content (AvgIpc) is 2.23. The smallest absolute Gasteiger partial charge is 0.341 e. The van der Waals surface area contributed by atoms with E-state index >= 15 is 0 Å². The summed E-state index contributed by atoms with van der Waals surface area (Å²) in [6, 6.07) is 4.57. The quantitative estimate of drug-likeness (QED) is 0.839. The van der Waals surface area contributed by atoms with Gasteiger partial charge in [-0.25, -0.2) is 9.18 Å². The number of hydrogen-bond acceptors (Lipinski definition) is 3. The Kier molecular flexibility index (Phi) is 4.84. The summed E-state index contributed by atoms with van der Waals surface area (Å²) < 4.78 is 18.9. The first-order chi connectivity index (χ1) is 8.33. The maximum Gasteiger partial charge on any atom is 0.341 e. The predicted molar refractivity (Wildman–Crippen MR) is 68.9 cm³/mol. The zero-order valence-corrected chi connectivity index (χ0v) is 11.1. The molecule has 0 spiro atoms. The third kappa shape index (κ3) is 4.45. The summed E-state index contributed by atoms with van der Waals surface area (Å²) in [5.41, 5.74) is 5.58. The Labute approximate surface area is 107 Å². The van der Waals surface area contributed by atoms with E-state index in [9.17, 15) is 9.18 Å². The van der Waals surface area contributed by atoms with Crippen molar-refractivity contribution in [2.75, 3.05) is 6.54 Å². The van der Waals surface area contributed by atoms with Gasteiger partial charge in [0, 0.05) is 0 Å². The van der Waals surface area contributed by atoms with Gasteiger partial charge in [-0.3, -0.25) is 0 Å². The molecular formula is C14H20FNO2. The van der Waals surface area contributed by atoms with Gasteiger partial charge < -0.3 is 10.5 Å². The van der Waals surface area contributed by atoms with Gasteiger partial charge >= 0.3 is 5.97 Å². The van der Waals surface area contributed by atoms with Gasteiger partial charge in [0.25, 0.3) is 0 Å². The molecule has 0 radical (unpaired) electrons. The molecule has 100 valence electrons. The van der Waals surface area contributed by atoms with Gasteiger partial charge in [-0.2, -0.15) is 0 Å². The first-order valence-electron chi connectivity index (χ1n) is 6.05. The van der Waals surface area contributed by atoms with E-state index in [1.165, 1.54) is 12.1 Å². The maximum atomic E-state index is 13.8. The van der Waals surface area contributed by atoms with Crippen molar-refractivity contribution in [3.63, 3.8) is 0 Å². The van der Waals surface area contributed by atoms with E-state index in [0.717, 1.165) is 12.0 Å². The van der Waals surface area contributed by atoms with Crippen LogP contribution in [0.2, 0.25) is 0 Å².